The van der Waals surface area contributed by atoms with Crippen molar-refractivity contribution in [2.45, 2.75) is 13.0 Å². The Kier molecular flexibility index (Phi) is 4.06. The summed E-state index contributed by atoms with van der Waals surface area (Å²) in [5.74, 6) is 1.43. The van der Waals surface area contributed by atoms with Crippen LogP contribution in [0.5, 0.6) is 0 Å². The second-order valence-corrected chi connectivity index (χ2v) is 7.60. The fourth-order valence-electron chi connectivity index (χ4n) is 4.25. The molecule has 0 unspecified atom stereocenters. The Bertz CT molecular complexity index is 1460. The van der Waals surface area contributed by atoms with Crippen LogP contribution in [-0.4, -0.2) is 26.1 Å². The highest BCUT2D eigenvalue weighted by molar-refractivity contribution is 5.99. The van der Waals surface area contributed by atoms with Gasteiger partial charge in [0, 0.05) is 47.5 Å². The van der Waals surface area contributed by atoms with Crippen LogP contribution in [0, 0.1) is 5.82 Å². The Morgan fingerprint density at radius 3 is 2.90 bits per heavy atom. The van der Waals surface area contributed by atoms with Crippen LogP contribution in [0.1, 0.15) is 6.42 Å². The van der Waals surface area contributed by atoms with Crippen LogP contribution < -0.4 is 10.9 Å². The Labute approximate surface area is 177 Å². The van der Waals surface area contributed by atoms with Crippen LogP contribution in [0.15, 0.2) is 72.0 Å². The summed E-state index contributed by atoms with van der Waals surface area (Å²) in [5, 5.41) is 4.73. The minimum atomic E-state index is -0.391. The second kappa shape index (κ2) is 7.05. The van der Waals surface area contributed by atoms with Crippen LogP contribution in [0.25, 0.3) is 33.4 Å². The summed E-state index contributed by atoms with van der Waals surface area (Å²) >= 11 is 0. The van der Waals surface area contributed by atoms with E-state index in [2.05, 4.69) is 60.2 Å². The lowest BCUT2D eigenvalue weighted by atomic mass is 9.99. The monoisotopic (exact) mass is 410 g/mol. The molecule has 3 aliphatic heterocycles. The van der Waals surface area contributed by atoms with Crippen molar-refractivity contribution in [2.75, 3.05) is 11.9 Å². The summed E-state index contributed by atoms with van der Waals surface area (Å²) in [4.78, 5) is 16.7. The molecule has 6 nitrogen and oxygen atoms in total. The summed E-state index contributed by atoms with van der Waals surface area (Å²) in [6, 6.07) is 16.9. The number of para-hydroxylation sites is 1. The predicted molar refractivity (Wildman–Crippen MR) is 119 cm³/mol. The van der Waals surface area contributed by atoms with Crippen LogP contribution in [0.3, 0.4) is 0 Å². The average molecular weight is 410 g/mol. The van der Waals surface area contributed by atoms with E-state index < -0.39 is 5.82 Å². The van der Waals surface area contributed by atoms with Crippen molar-refractivity contribution < 1.29 is 4.39 Å². The van der Waals surface area contributed by atoms with Gasteiger partial charge >= 0.3 is 0 Å². The molecule has 0 saturated carbocycles. The van der Waals surface area contributed by atoms with Crippen molar-refractivity contribution in [1.29, 1.82) is 0 Å². The van der Waals surface area contributed by atoms with Gasteiger partial charge in [-0.2, -0.15) is 4.98 Å². The first kappa shape index (κ1) is 17.8. The molecule has 0 spiro atoms. The molecular formula is C24H19FN6. The number of anilines is 1. The van der Waals surface area contributed by atoms with Gasteiger partial charge in [0.25, 0.3) is 5.62 Å². The largest absolute Gasteiger partial charge is 0.371 e. The lowest BCUT2D eigenvalue weighted by Crippen LogP contribution is -2.25. The molecular weight excluding hydrogens is 391 g/mol. The van der Waals surface area contributed by atoms with Crippen molar-refractivity contribution in [3.8, 4) is 22.5 Å². The fraction of sp³-hybridized carbons (Fsp3) is 0.125. The van der Waals surface area contributed by atoms with Gasteiger partial charge in [-0.05, 0) is 42.3 Å². The second-order valence-electron chi connectivity index (χ2n) is 7.60. The predicted octanol–water partition coefficient (Wildman–Crippen LogP) is 4.72. The third-order valence-electron chi connectivity index (χ3n) is 5.67. The molecule has 0 bridgehead atoms. The Hall–Kier alpha value is -4.00. The van der Waals surface area contributed by atoms with Crippen molar-refractivity contribution in [1.82, 2.24) is 19.5 Å². The van der Waals surface area contributed by atoms with Gasteiger partial charge in [-0.15, -0.1) is 0 Å². The number of hydrogen-bond donors (Lipinski definition) is 2. The molecule has 0 fully saturated rings. The number of H-pyrrole nitrogens is 1. The molecule has 3 aliphatic rings. The van der Waals surface area contributed by atoms with E-state index >= 15 is 0 Å². The normalized spacial score (nSPS) is 14.0. The van der Waals surface area contributed by atoms with Gasteiger partial charge in [-0.25, -0.2) is 14.4 Å². The third-order valence-corrected chi connectivity index (χ3v) is 5.67. The summed E-state index contributed by atoms with van der Waals surface area (Å²) in [5.41, 5.74) is 4.76. The van der Waals surface area contributed by atoms with Crippen molar-refractivity contribution >= 4 is 22.4 Å². The number of nitrogens with zero attached hydrogens (tertiary/aromatic N) is 4. The van der Waals surface area contributed by atoms with Crippen LogP contribution >= 0.6 is 0 Å². The molecule has 3 aromatic rings. The third kappa shape index (κ3) is 2.97. The quantitative estimate of drug-likeness (QED) is 0.442. The molecule has 4 heterocycles. The van der Waals surface area contributed by atoms with Gasteiger partial charge in [0.05, 0.1) is 0 Å². The average Bonchev–Trinajstić information content (AvgIpc) is 3.29. The first-order chi connectivity index (χ1) is 15.3. The number of pyridine rings is 1. The number of benzene rings is 2. The first-order valence-corrected chi connectivity index (χ1v) is 10.3. The van der Waals surface area contributed by atoms with E-state index in [0.29, 0.717) is 0 Å². The maximum absolute atomic E-state index is 14.0. The molecule has 0 radical (unpaired) electrons. The number of halogens is 1. The summed E-state index contributed by atoms with van der Waals surface area (Å²) in [7, 11) is 0. The zero-order valence-electron chi connectivity index (χ0n) is 16.6. The Morgan fingerprint density at radius 1 is 1.03 bits per heavy atom. The van der Waals surface area contributed by atoms with Crippen molar-refractivity contribution in [2.24, 2.45) is 4.99 Å². The lowest BCUT2D eigenvalue weighted by Gasteiger charge is -2.27. The highest BCUT2D eigenvalue weighted by atomic mass is 19.1. The minimum Gasteiger partial charge on any atom is -0.371 e. The van der Waals surface area contributed by atoms with Crippen LogP contribution in [0.2, 0.25) is 0 Å². The summed E-state index contributed by atoms with van der Waals surface area (Å²) in [6.45, 7) is 1.74. The number of aromatic nitrogens is 4. The molecule has 0 atom stereocenters. The van der Waals surface area contributed by atoms with Crippen LogP contribution in [-0.2, 0) is 6.54 Å². The number of rotatable bonds is 2. The van der Waals surface area contributed by atoms with Gasteiger partial charge in [0.15, 0.2) is 0 Å². The number of aromatic amines is 1. The van der Waals surface area contributed by atoms with Gasteiger partial charge in [-0.1, -0.05) is 24.3 Å². The van der Waals surface area contributed by atoms with Crippen LogP contribution in [0.4, 0.5) is 15.9 Å². The SMILES string of the molecule is Fc1ccccc1N=c1ncc2cc(-c3cccc4[nH]ccc34)c3n(c-2n1)CCCN3. The van der Waals surface area contributed by atoms with E-state index in [1.54, 1.807) is 24.4 Å². The molecule has 7 heteroatoms. The standard InChI is InChI=1S/C24H19FN6/c25-19-6-1-2-7-21(19)29-24-28-14-15-13-18(16-5-3-8-20-17(16)9-11-26-20)23-27-10-4-12-31(23)22(15)30-24/h1-3,5-9,11,13-14,26-27H,4,10,12H2. The van der Waals surface area contributed by atoms with Gasteiger partial charge in [-0.3, -0.25) is 0 Å². The first-order valence-electron chi connectivity index (χ1n) is 10.3. The Morgan fingerprint density at radius 2 is 1.97 bits per heavy atom. The molecule has 2 aromatic carbocycles. The molecule has 152 valence electrons. The van der Waals surface area contributed by atoms with E-state index in [4.69, 9.17) is 0 Å². The maximum atomic E-state index is 14.0. The molecule has 1 aromatic heterocycles. The zero-order valence-corrected chi connectivity index (χ0v) is 16.6. The minimum absolute atomic E-state index is 0.231. The number of hydrogen-bond acceptors (Lipinski definition) is 4. The Balaban J connectivity index is 1.60. The van der Waals surface area contributed by atoms with Gasteiger partial charge < -0.3 is 14.9 Å². The molecule has 0 amide bonds. The van der Waals surface area contributed by atoms with Gasteiger partial charge in [0.1, 0.15) is 23.1 Å². The van der Waals surface area contributed by atoms with E-state index in [0.717, 1.165) is 53.4 Å². The lowest BCUT2D eigenvalue weighted by molar-refractivity contribution is 0.619. The highest BCUT2D eigenvalue weighted by Crippen LogP contribution is 2.39. The van der Waals surface area contributed by atoms with Crippen molar-refractivity contribution in [3.63, 3.8) is 0 Å². The fourth-order valence-corrected chi connectivity index (χ4v) is 4.25. The smallest absolute Gasteiger partial charge is 0.251 e. The molecule has 0 aliphatic carbocycles. The topological polar surface area (TPSA) is 70.9 Å². The van der Waals surface area contributed by atoms with E-state index in [-0.39, 0.29) is 11.3 Å². The maximum Gasteiger partial charge on any atom is 0.251 e. The molecule has 31 heavy (non-hydrogen) atoms. The molecule has 0 saturated heterocycles. The molecule has 6 rings (SSSR count). The zero-order chi connectivity index (χ0) is 20.8. The summed E-state index contributed by atoms with van der Waals surface area (Å²) in [6.07, 6.45) is 4.72. The molecule has 2 N–H and O–H groups in total. The highest BCUT2D eigenvalue weighted by Gasteiger charge is 2.22. The number of fused-ring (bicyclic) bond motifs is 4. The van der Waals surface area contributed by atoms with E-state index in [1.807, 2.05) is 6.20 Å². The summed E-state index contributed by atoms with van der Waals surface area (Å²) < 4.78 is 16.2. The van der Waals surface area contributed by atoms with E-state index in [1.165, 1.54) is 11.5 Å². The van der Waals surface area contributed by atoms with Gasteiger partial charge in [0.2, 0.25) is 0 Å². The number of nitrogens with one attached hydrogen (secondary N) is 2. The van der Waals surface area contributed by atoms with Crippen molar-refractivity contribution in [3.05, 3.63) is 78.4 Å². The van der Waals surface area contributed by atoms with E-state index in [9.17, 15) is 4.39 Å².